The third kappa shape index (κ3) is 5.93. The summed E-state index contributed by atoms with van der Waals surface area (Å²) in [5.41, 5.74) is 3.50. The van der Waals surface area contributed by atoms with Crippen LogP contribution in [0.5, 0.6) is 0 Å². The number of likely N-dealkylation sites (N-methyl/N-ethyl adjacent to an activating group) is 1. The minimum atomic E-state index is -0.933. The number of rotatable bonds is 9. The van der Waals surface area contributed by atoms with Gasteiger partial charge in [-0.1, -0.05) is 103 Å². The summed E-state index contributed by atoms with van der Waals surface area (Å²) < 4.78 is -0.774. The normalized spacial score (nSPS) is 17.8. The van der Waals surface area contributed by atoms with Gasteiger partial charge in [-0.3, -0.25) is 29.0 Å². The number of carbonyl (C=O) groups excluding carboxylic acids is 5. The Morgan fingerprint density at radius 1 is 0.792 bits per heavy atom. The molecule has 0 unspecified atom stereocenters. The maximum absolute atomic E-state index is 13.5. The largest absolute Gasteiger partial charge is 0.340 e. The maximum Gasteiger partial charge on any atom is 0.329 e. The number of β-lactam (4-membered cyclic amide) rings is 1. The van der Waals surface area contributed by atoms with E-state index in [4.69, 9.17) is 0 Å². The molecule has 0 aromatic heterocycles. The number of benzene rings is 4. The molecule has 2 fully saturated rings. The number of hydrogen-bond donors (Lipinski definition) is 2. The highest BCUT2D eigenvalue weighted by atomic mass is 32.2. The van der Waals surface area contributed by atoms with Gasteiger partial charge in [-0.2, -0.15) is 0 Å². The molecule has 11 heteroatoms. The molecule has 2 aliphatic rings. The number of piperazine rings is 1. The molecule has 0 spiro atoms. The van der Waals surface area contributed by atoms with Crippen molar-refractivity contribution in [2.75, 3.05) is 29.9 Å². The number of nitrogens with one attached hydrogen (secondary N) is 2. The minimum absolute atomic E-state index is 0.0348. The van der Waals surface area contributed by atoms with Crippen LogP contribution in [-0.2, 0) is 23.9 Å². The summed E-state index contributed by atoms with van der Waals surface area (Å²) in [7, 11) is 0. The lowest BCUT2D eigenvalue weighted by Gasteiger charge is -2.47. The second-order valence-electron chi connectivity index (χ2n) is 11.4. The average Bonchev–Trinajstić information content (AvgIpc) is 3.11. The fraction of sp³-hybridized carbons (Fsp3) is 0.216. The molecular formula is C37H35N5O5S. The molecule has 2 N–H and O–H groups in total. The summed E-state index contributed by atoms with van der Waals surface area (Å²) in [6, 6.07) is 35.0. The lowest BCUT2D eigenvalue weighted by atomic mass is 9.84. The van der Waals surface area contributed by atoms with Gasteiger partial charge in [0, 0.05) is 26.6 Å². The van der Waals surface area contributed by atoms with E-state index < -0.39 is 39.9 Å². The van der Waals surface area contributed by atoms with Crippen molar-refractivity contribution < 1.29 is 24.0 Å². The first-order chi connectivity index (χ1) is 23.3. The lowest BCUT2D eigenvalue weighted by Crippen LogP contribution is -2.69. The fourth-order valence-corrected chi connectivity index (χ4v) is 8.01. The minimum Gasteiger partial charge on any atom is -0.340 e. The third-order valence-electron chi connectivity index (χ3n) is 8.64. The molecule has 0 saturated carbocycles. The molecule has 2 saturated heterocycles. The zero-order valence-electron chi connectivity index (χ0n) is 26.5. The molecule has 4 aromatic rings. The average molecular weight is 662 g/mol. The van der Waals surface area contributed by atoms with Gasteiger partial charge in [0.15, 0.2) is 0 Å². The highest BCUT2D eigenvalue weighted by molar-refractivity contribution is 8.01. The second kappa shape index (κ2) is 13.7. The SMILES string of the molecule is CCN1CCN(C(=O)Nc2ccccc2N(C(C)=O)[C@@H]2C(=O)N[C@@H]2SC(c2ccccc2)(c2ccccc2)c2ccccc2)C(=O)C1=O. The molecule has 4 aromatic carbocycles. The van der Waals surface area contributed by atoms with Crippen molar-refractivity contribution in [1.29, 1.82) is 0 Å². The molecular weight excluding hydrogens is 627 g/mol. The number of imide groups is 1. The molecule has 6 amide bonds. The third-order valence-corrected chi connectivity index (χ3v) is 10.3. The van der Waals surface area contributed by atoms with Gasteiger partial charge < -0.3 is 15.5 Å². The number of urea groups is 1. The van der Waals surface area contributed by atoms with E-state index in [9.17, 15) is 24.0 Å². The van der Waals surface area contributed by atoms with Crippen LogP contribution in [0.25, 0.3) is 0 Å². The topological polar surface area (TPSA) is 119 Å². The number of para-hydroxylation sites is 2. The Labute approximate surface area is 283 Å². The second-order valence-corrected chi connectivity index (χ2v) is 12.8. The molecule has 244 valence electrons. The first kappa shape index (κ1) is 32.5. The van der Waals surface area contributed by atoms with Crippen molar-refractivity contribution in [2.24, 2.45) is 0 Å². The lowest BCUT2D eigenvalue weighted by molar-refractivity contribution is -0.153. The van der Waals surface area contributed by atoms with Crippen LogP contribution in [0.3, 0.4) is 0 Å². The Morgan fingerprint density at radius 3 is 1.81 bits per heavy atom. The quantitative estimate of drug-likeness (QED) is 0.151. The first-order valence-corrected chi connectivity index (χ1v) is 16.6. The van der Waals surface area contributed by atoms with Crippen molar-refractivity contribution in [3.63, 3.8) is 0 Å². The first-order valence-electron chi connectivity index (χ1n) is 15.7. The Bertz CT molecular complexity index is 1740. The molecule has 2 heterocycles. The van der Waals surface area contributed by atoms with E-state index in [0.29, 0.717) is 12.2 Å². The van der Waals surface area contributed by atoms with Crippen LogP contribution in [0.4, 0.5) is 16.2 Å². The summed E-state index contributed by atoms with van der Waals surface area (Å²) in [6.45, 7) is 3.76. The Hall–Kier alpha value is -5.42. The summed E-state index contributed by atoms with van der Waals surface area (Å²) in [4.78, 5) is 69.1. The van der Waals surface area contributed by atoms with Crippen LogP contribution in [0.15, 0.2) is 115 Å². The number of nitrogens with zero attached hydrogens (tertiary/aromatic N) is 3. The van der Waals surface area contributed by atoms with Crippen molar-refractivity contribution in [3.05, 3.63) is 132 Å². The van der Waals surface area contributed by atoms with Crippen LogP contribution in [0.1, 0.15) is 30.5 Å². The van der Waals surface area contributed by atoms with E-state index in [1.807, 2.05) is 54.6 Å². The molecule has 0 aliphatic carbocycles. The molecule has 6 rings (SSSR count). The van der Waals surface area contributed by atoms with Gasteiger partial charge in [-0.25, -0.2) is 4.79 Å². The van der Waals surface area contributed by atoms with Gasteiger partial charge in [0.25, 0.3) is 0 Å². The van der Waals surface area contributed by atoms with Crippen LogP contribution >= 0.6 is 11.8 Å². The Balaban J connectivity index is 1.37. The predicted molar refractivity (Wildman–Crippen MR) is 185 cm³/mol. The smallest absolute Gasteiger partial charge is 0.329 e. The van der Waals surface area contributed by atoms with Crippen LogP contribution in [0, 0.1) is 0 Å². The van der Waals surface area contributed by atoms with Crippen molar-refractivity contribution in [2.45, 2.75) is 30.0 Å². The highest BCUT2D eigenvalue weighted by Gasteiger charge is 2.51. The molecule has 10 nitrogen and oxygen atoms in total. The van der Waals surface area contributed by atoms with E-state index in [-0.39, 0.29) is 24.7 Å². The number of carbonyl (C=O) groups is 5. The van der Waals surface area contributed by atoms with E-state index in [1.165, 1.54) is 28.5 Å². The molecule has 0 radical (unpaired) electrons. The Morgan fingerprint density at radius 2 is 1.31 bits per heavy atom. The number of amides is 6. The Kier molecular flexibility index (Phi) is 9.31. The summed E-state index contributed by atoms with van der Waals surface area (Å²) in [5.74, 6) is -2.42. The predicted octanol–water partition coefficient (Wildman–Crippen LogP) is 4.81. The van der Waals surface area contributed by atoms with Gasteiger partial charge in [0.1, 0.15) is 11.4 Å². The summed E-state index contributed by atoms with van der Waals surface area (Å²) in [6.07, 6.45) is 0. The van der Waals surface area contributed by atoms with Crippen LogP contribution < -0.4 is 15.5 Å². The standard InChI is InChI=1S/C37H35N5O5S/c1-3-40-23-24-41(35(46)34(40)45)36(47)38-29-21-13-14-22-30(29)42(25(2)43)31-32(44)39-33(31)48-37(26-15-7-4-8-16-26,27-17-9-5-10-18-27)28-19-11-6-12-20-28/h4-22,31,33H,3,23-24H2,1-2H3,(H,38,47)(H,39,44)/t31-,33-/m1/s1. The fourth-order valence-electron chi connectivity index (χ4n) is 6.26. The van der Waals surface area contributed by atoms with Gasteiger partial charge in [-0.15, -0.1) is 11.8 Å². The molecule has 2 aliphatic heterocycles. The van der Waals surface area contributed by atoms with Gasteiger partial charge in [0.2, 0.25) is 11.8 Å². The van der Waals surface area contributed by atoms with Gasteiger partial charge >= 0.3 is 17.8 Å². The van der Waals surface area contributed by atoms with Crippen LogP contribution in [-0.4, -0.2) is 70.5 Å². The zero-order valence-corrected chi connectivity index (χ0v) is 27.4. The van der Waals surface area contributed by atoms with Crippen molar-refractivity contribution in [3.8, 4) is 0 Å². The van der Waals surface area contributed by atoms with Gasteiger partial charge in [-0.05, 0) is 35.7 Å². The van der Waals surface area contributed by atoms with Gasteiger partial charge in [0.05, 0.1) is 16.1 Å². The van der Waals surface area contributed by atoms with E-state index in [1.54, 1.807) is 31.2 Å². The summed E-state index contributed by atoms with van der Waals surface area (Å²) in [5, 5.41) is 5.20. The number of hydrogen-bond acceptors (Lipinski definition) is 6. The van der Waals surface area contributed by atoms with Crippen molar-refractivity contribution in [1.82, 2.24) is 15.1 Å². The number of thioether (sulfide) groups is 1. The monoisotopic (exact) mass is 661 g/mol. The zero-order chi connectivity index (χ0) is 33.8. The maximum atomic E-state index is 13.5. The molecule has 48 heavy (non-hydrogen) atoms. The van der Waals surface area contributed by atoms with Crippen LogP contribution in [0.2, 0.25) is 0 Å². The van der Waals surface area contributed by atoms with E-state index in [0.717, 1.165) is 21.6 Å². The molecule has 2 atom stereocenters. The highest BCUT2D eigenvalue weighted by Crippen LogP contribution is 2.52. The number of anilines is 2. The summed E-state index contributed by atoms with van der Waals surface area (Å²) >= 11 is 1.53. The van der Waals surface area contributed by atoms with E-state index >= 15 is 0 Å². The molecule has 0 bridgehead atoms. The van der Waals surface area contributed by atoms with E-state index in [2.05, 4.69) is 47.0 Å². The van der Waals surface area contributed by atoms with Crippen molar-refractivity contribution >= 4 is 52.8 Å².